The van der Waals surface area contributed by atoms with E-state index in [1.807, 2.05) is 0 Å². The monoisotopic (exact) mass is 321 g/mol. The van der Waals surface area contributed by atoms with Crippen molar-refractivity contribution < 1.29 is 9.30 Å². The summed E-state index contributed by atoms with van der Waals surface area (Å²) in [6, 6.07) is 0. The highest BCUT2D eigenvalue weighted by Crippen LogP contribution is 2.35. The Morgan fingerprint density at radius 2 is 2.04 bits per heavy atom. The minimum Gasteiger partial charge on any atom is -0.338 e. The van der Waals surface area contributed by atoms with Crippen molar-refractivity contribution in [3.05, 3.63) is 18.7 Å². The molecule has 1 aromatic rings. The van der Waals surface area contributed by atoms with Crippen LogP contribution in [0.2, 0.25) is 0 Å². The fourth-order valence-corrected chi connectivity index (χ4v) is 3.86. The van der Waals surface area contributed by atoms with Crippen molar-refractivity contribution in [3.63, 3.8) is 0 Å². The third-order valence-electron chi connectivity index (χ3n) is 5.42. The maximum atomic E-state index is 6.32. The van der Waals surface area contributed by atoms with Gasteiger partial charge < -0.3 is 4.74 Å². The molecule has 3 atom stereocenters. The van der Waals surface area contributed by atoms with Crippen LogP contribution in [-0.2, 0) is 18.0 Å². The van der Waals surface area contributed by atoms with Gasteiger partial charge in [0.15, 0.2) is 6.73 Å². The van der Waals surface area contributed by atoms with Crippen molar-refractivity contribution in [1.29, 1.82) is 0 Å². The molecule has 1 saturated carbocycles. The molecule has 0 radical (unpaired) electrons. The Hall–Kier alpha value is -0.830. The van der Waals surface area contributed by atoms with Crippen LogP contribution in [0.15, 0.2) is 18.7 Å². The zero-order valence-corrected chi connectivity index (χ0v) is 15.7. The van der Waals surface area contributed by atoms with Crippen molar-refractivity contribution >= 4 is 0 Å². The molecule has 1 aliphatic rings. The van der Waals surface area contributed by atoms with Gasteiger partial charge in [-0.15, -0.1) is 0 Å². The van der Waals surface area contributed by atoms with Gasteiger partial charge in [-0.25, -0.2) is 9.13 Å². The minimum absolute atomic E-state index is 0.430. The second kappa shape index (κ2) is 9.46. The maximum Gasteiger partial charge on any atom is 0.245 e. The zero-order valence-electron chi connectivity index (χ0n) is 15.7. The van der Waals surface area contributed by atoms with Gasteiger partial charge in [0.05, 0.1) is 12.6 Å². The van der Waals surface area contributed by atoms with Crippen molar-refractivity contribution in [2.24, 2.45) is 17.8 Å². The summed E-state index contributed by atoms with van der Waals surface area (Å²) in [4.78, 5) is 0. The highest BCUT2D eigenvalue weighted by molar-refractivity contribution is 4.80. The van der Waals surface area contributed by atoms with Crippen LogP contribution in [0, 0.1) is 17.8 Å². The number of hydrogen-bond acceptors (Lipinski definition) is 1. The summed E-state index contributed by atoms with van der Waals surface area (Å²) in [7, 11) is 0. The lowest BCUT2D eigenvalue weighted by atomic mass is 9.75. The number of rotatable bonds is 9. The van der Waals surface area contributed by atoms with E-state index in [0.717, 1.165) is 24.3 Å². The molecule has 1 aliphatic carbocycles. The van der Waals surface area contributed by atoms with Gasteiger partial charge in [-0.1, -0.05) is 47.0 Å². The lowest BCUT2D eigenvalue weighted by molar-refractivity contribution is -0.735. The molecule has 1 heterocycles. The van der Waals surface area contributed by atoms with Crippen LogP contribution in [0.25, 0.3) is 0 Å². The summed E-state index contributed by atoms with van der Waals surface area (Å²) in [5, 5.41) is 0. The summed E-state index contributed by atoms with van der Waals surface area (Å²) >= 11 is 0. The Kier molecular flexibility index (Phi) is 7.61. The highest BCUT2D eigenvalue weighted by atomic mass is 16.5. The van der Waals surface area contributed by atoms with Crippen LogP contribution in [-0.4, -0.2) is 10.7 Å². The number of ether oxygens (including phenoxy) is 1. The van der Waals surface area contributed by atoms with Gasteiger partial charge in [-0.3, -0.25) is 0 Å². The smallest absolute Gasteiger partial charge is 0.245 e. The van der Waals surface area contributed by atoms with Gasteiger partial charge in [-0.05, 0) is 43.4 Å². The van der Waals surface area contributed by atoms with E-state index in [2.05, 4.69) is 55.6 Å². The third kappa shape index (κ3) is 5.95. The predicted molar refractivity (Wildman–Crippen MR) is 95.0 cm³/mol. The number of unbranched alkanes of at least 4 members (excludes halogenated alkanes) is 3. The maximum absolute atomic E-state index is 6.32. The van der Waals surface area contributed by atoms with Crippen LogP contribution in [0.1, 0.15) is 72.6 Å². The number of hydrogen-bond donors (Lipinski definition) is 0. The Balaban J connectivity index is 1.79. The van der Waals surface area contributed by atoms with Gasteiger partial charge in [-0.2, -0.15) is 0 Å². The van der Waals surface area contributed by atoms with Crippen LogP contribution in [0.5, 0.6) is 0 Å². The first-order valence-electron chi connectivity index (χ1n) is 9.76. The lowest BCUT2D eigenvalue weighted by Gasteiger charge is -2.36. The fraction of sp³-hybridized carbons (Fsp3) is 0.850. The number of aryl methyl sites for hydroxylation is 1. The normalized spacial score (nSPS) is 25.2. The molecule has 0 unspecified atom stereocenters. The first kappa shape index (κ1) is 18.5. The number of nitrogens with zero attached hydrogens (tertiary/aromatic N) is 2. The highest BCUT2D eigenvalue weighted by Gasteiger charge is 2.31. The quantitative estimate of drug-likeness (QED) is 0.472. The third-order valence-corrected chi connectivity index (χ3v) is 5.42. The summed E-state index contributed by atoms with van der Waals surface area (Å²) in [6.07, 6.45) is 16.1. The minimum atomic E-state index is 0.430. The van der Waals surface area contributed by atoms with Gasteiger partial charge in [0.25, 0.3) is 0 Å². The van der Waals surface area contributed by atoms with E-state index in [1.165, 1.54) is 44.9 Å². The van der Waals surface area contributed by atoms with E-state index in [1.54, 1.807) is 0 Å². The second-order valence-electron chi connectivity index (χ2n) is 7.89. The molecule has 3 nitrogen and oxygen atoms in total. The van der Waals surface area contributed by atoms with Crippen LogP contribution in [0.3, 0.4) is 0 Å². The lowest BCUT2D eigenvalue weighted by Crippen LogP contribution is -2.40. The van der Waals surface area contributed by atoms with E-state index >= 15 is 0 Å². The summed E-state index contributed by atoms with van der Waals surface area (Å²) in [6.45, 7) is 11.1. The molecule has 0 amide bonds. The van der Waals surface area contributed by atoms with Gasteiger partial charge >= 0.3 is 0 Å². The molecule has 23 heavy (non-hydrogen) atoms. The molecular formula is C20H37N2O+. The summed E-state index contributed by atoms with van der Waals surface area (Å²) < 4.78 is 10.8. The molecule has 0 saturated heterocycles. The molecule has 1 fully saturated rings. The Morgan fingerprint density at radius 1 is 1.22 bits per heavy atom. The van der Waals surface area contributed by atoms with Crippen molar-refractivity contribution in [1.82, 2.24) is 4.57 Å². The molecule has 3 heteroatoms. The standard InChI is InChI=1S/C20H37N2O/c1-5-6-7-8-11-21-12-13-22(15-21)16-23-20-14-18(4)9-10-19(20)17(2)3/h12-13,15,17-20H,5-11,14,16H2,1-4H3/q+1/t18-,19+,20-/m1/s1. The molecule has 1 aromatic heterocycles. The van der Waals surface area contributed by atoms with Crippen LogP contribution in [0.4, 0.5) is 0 Å². The molecule has 0 N–H and O–H groups in total. The molecule has 0 aromatic carbocycles. The summed E-state index contributed by atoms with van der Waals surface area (Å²) in [5.41, 5.74) is 0. The molecule has 0 bridgehead atoms. The Bertz CT molecular complexity index is 441. The number of imidazole rings is 1. The first-order valence-corrected chi connectivity index (χ1v) is 9.76. The molecule has 132 valence electrons. The predicted octanol–water partition coefficient (Wildman–Crippen LogP) is 4.79. The number of aromatic nitrogens is 2. The van der Waals surface area contributed by atoms with Gasteiger partial charge in [0, 0.05) is 0 Å². The molecule has 2 rings (SSSR count). The Labute approximate surface area is 143 Å². The molecule has 0 aliphatic heterocycles. The molecular weight excluding hydrogens is 284 g/mol. The largest absolute Gasteiger partial charge is 0.338 e. The second-order valence-corrected chi connectivity index (χ2v) is 7.89. The van der Waals surface area contributed by atoms with Crippen molar-refractivity contribution in [3.8, 4) is 0 Å². The topological polar surface area (TPSA) is 18.0 Å². The van der Waals surface area contributed by atoms with E-state index < -0.39 is 0 Å². The fourth-order valence-electron chi connectivity index (χ4n) is 3.86. The average molecular weight is 322 g/mol. The van der Waals surface area contributed by atoms with Gasteiger partial charge in [0.1, 0.15) is 12.4 Å². The van der Waals surface area contributed by atoms with Crippen molar-refractivity contribution in [2.45, 2.75) is 92.0 Å². The Morgan fingerprint density at radius 3 is 2.78 bits per heavy atom. The zero-order chi connectivity index (χ0) is 16.7. The average Bonchev–Trinajstić information content (AvgIpc) is 2.97. The first-order chi connectivity index (χ1) is 11.1. The van der Waals surface area contributed by atoms with E-state index in [-0.39, 0.29) is 0 Å². The van der Waals surface area contributed by atoms with E-state index in [9.17, 15) is 0 Å². The van der Waals surface area contributed by atoms with Crippen molar-refractivity contribution in [2.75, 3.05) is 0 Å². The van der Waals surface area contributed by atoms with Gasteiger partial charge in [0.2, 0.25) is 6.33 Å². The molecule has 0 spiro atoms. The van der Waals surface area contributed by atoms with E-state index in [0.29, 0.717) is 12.8 Å². The van der Waals surface area contributed by atoms with E-state index in [4.69, 9.17) is 4.74 Å². The van der Waals surface area contributed by atoms with Crippen LogP contribution >= 0.6 is 0 Å². The summed E-state index contributed by atoms with van der Waals surface area (Å²) in [5.74, 6) is 2.26. The van der Waals surface area contributed by atoms with Crippen LogP contribution < -0.4 is 4.57 Å². The SMILES string of the molecule is CCCCCCn1cc[n+](CO[C@@H]2C[C@H](C)CC[C@H]2C(C)C)c1.